The monoisotopic (exact) mass is 230 g/mol. The van der Waals surface area contributed by atoms with Crippen molar-refractivity contribution >= 4 is 5.97 Å². The molecule has 0 aliphatic heterocycles. The molecule has 0 spiro atoms. The van der Waals surface area contributed by atoms with Crippen LogP contribution in [0.4, 0.5) is 0 Å². The minimum Gasteiger partial charge on any atom is -0.493 e. The molecule has 0 atom stereocenters. The number of ether oxygens (including phenoxy) is 2. The van der Waals surface area contributed by atoms with Gasteiger partial charge in [-0.2, -0.15) is 0 Å². The van der Waals surface area contributed by atoms with E-state index >= 15 is 0 Å². The van der Waals surface area contributed by atoms with E-state index in [0.29, 0.717) is 11.5 Å². The van der Waals surface area contributed by atoms with Crippen LogP contribution in [0.1, 0.15) is 10.5 Å². The Labute approximate surface area is 98.0 Å². The van der Waals surface area contributed by atoms with Gasteiger partial charge >= 0.3 is 5.97 Å². The van der Waals surface area contributed by atoms with Gasteiger partial charge < -0.3 is 9.47 Å². The van der Waals surface area contributed by atoms with Crippen molar-refractivity contribution in [1.29, 1.82) is 0 Å². The molecule has 0 unspecified atom stereocenters. The lowest BCUT2D eigenvalue weighted by Crippen LogP contribution is -2.11. The third-order valence-electron chi connectivity index (χ3n) is 2.06. The standard InChI is InChI=1S/C12H10N2O3/c1-16-10-4-2-3-5-11(10)17-12(15)9-6-7-13-8-14-9/h2-8H,1H3. The van der Waals surface area contributed by atoms with Crippen molar-refractivity contribution in [2.45, 2.75) is 0 Å². The fraction of sp³-hybridized carbons (Fsp3) is 0.0833. The predicted molar refractivity (Wildman–Crippen MR) is 60.0 cm³/mol. The number of benzene rings is 1. The molecule has 0 amide bonds. The van der Waals surface area contributed by atoms with E-state index in [1.165, 1.54) is 25.7 Å². The van der Waals surface area contributed by atoms with Crippen LogP contribution < -0.4 is 9.47 Å². The second-order valence-corrected chi connectivity index (χ2v) is 3.13. The van der Waals surface area contributed by atoms with Gasteiger partial charge in [0.1, 0.15) is 6.33 Å². The highest BCUT2D eigenvalue weighted by atomic mass is 16.6. The van der Waals surface area contributed by atoms with Crippen LogP contribution in [0.15, 0.2) is 42.9 Å². The molecule has 0 aliphatic rings. The lowest BCUT2D eigenvalue weighted by molar-refractivity contribution is 0.0723. The Hall–Kier alpha value is -2.43. The second kappa shape index (κ2) is 5.07. The van der Waals surface area contributed by atoms with Gasteiger partial charge in [0.15, 0.2) is 17.2 Å². The molecule has 0 fully saturated rings. The molecule has 0 radical (unpaired) electrons. The van der Waals surface area contributed by atoms with Crippen LogP contribution >= 0.6 is 0 Å². The Morgan fingerprint density at radius 2 is 1.94 bits per heavy atom. The van der Waals surface area contributed by atoms with E-state index in [2.05, 4.69) is 9.97 Å². The van der Waals surface area contributed by atoms with Crippen LogP contribution in [0.5, 0.6) is 11.5 Å². The van der Waals surface area contributed by atoms with Crippen LogP contribution in [-0.2, 0) is 0 Å². The molecular weight excluding hydrogens is 220 g/mol. The lowest BCUT2D eigenvalue weighted by atomic mass is 10.3. The maximum Gasteiger partial charge on any atom is 0.362 e. The number of hydrogen-bond donors (Lipinski definition) is 0. The highest BCUT2D eigenvalue weighted by Crippen LogP contribution is 2.26. The quantitative estimate of drug-likeness (QED) is 0.593. The number of esters is 1. The zero-order chi connectivity index (χ0) is 12.1. The van der Waals surface area contributed by atoms with Gasteiger partial charge in [0.2, 0.25) is 0 Å². The molecule has 0 saturated carbocycles. The molecule has 2 aromatic rings. The van der Waals surface area contributed by atoms with Crippen LogP contribution in [0.2, 0.25) is 0 Å². The third kappa shape index (κ3) is 2.57. The number of carbonyl (C=O) groups excluding carboxylic acids is 1. The average molecular weight is 230 g/mol. The van der Waals surface area contributed by atoms with Crippen LogP contribution in [0.25, 0.3) is 0 Å². The molecule has 0 bridgehead atoms. The first kappa shape index (κ1) is 11.1. The molecule has 5 heteroatoms. The molecule has 0 saturated heterocycles. The summed E-state index contributed by atoms with van der Waals surface area (Å²) < 4.78 is 10.2. The summed E-state index contributed by atoms with van der Waals surface area (Å²) in [5.41, 5.74) is 0.200. The maximum absolute atomic E-state index is 11.7. The first-order valence-electron chi connectivity index (χ1n) is 4.92. The van der Waals surface area contributed by atoms with Gasteiger partial charge in [0, 0.05) is 6.20 Å². The van der Waals surface area contributed by atoms with Crippen molar-refractivity contribution in [3.05, 3.63) is 48.5 Å². The number of methoxy groups -OCH3 is 1. The van der Waals surface area contributed by atoms with E-state index in [1.807, 2.05) is 0 Å². The molecule has 1 aromatic heterocycles. The topological polar surface area (TPSA) is 61.3 Å². The molecule has 0 N–H and O–H groups in total. The van der Waals surface area contributed by atoms with Crippen LogP contribution in [0, 0.1) is 0 Å². The van der Waals surface area contributed by atoms with Gasteiger partial charge in [0.05, 0.1) is 7.11 Å². The molecule has 0 aliphatic carbocycles. The number of nitrogens with zero attached hydrogens (tertiary/aromatic N) is 2. The van der Waals surface area contributed by atoms with Gasteiger partial charge in [-0.05, 0) is 18.2 Å². The molecular formula is C12H10N2O3. The van der Waals surface area contributed by atoms with E-state index in [1.54, 1.807) is 24.3 Å². The number of carbonyl (C=O) groups is 1. The minimum atomic E-state index is -0.545. The smallest absolute Gasteiger partial charge is 0.362 e. The first-order chi connectivity index (χ1) is 8.31. The zero-order valence-electron chi connectivity index (χ0n) is 9.16. The predicted octanol–water partition coefficient (Wildman–Crippen LogP) is 1.70. The number of aromatic nitrogens is 2. The van der Waals surface area contributed by atoms with Gasteiger partial charge in [-0.3, -0.25) is 0 Å². The van der Waals surface area contributed by atoms with Crippen molar-refractivity contribution in [3.63, 3.8) is 0 Å². The number of rotatable bonds is 3. The normalized spacial score (nSPS) is 9.71. The van der Waals surface area contributed by atoms with Gasteiger partial charge in [-0.25, -0.2) is 14.8 Å². The Bertz CT molecular complexity index is 514. The molecule has 1 aromatic carbocycles. The lowest BCUT2D eigenvalue weighted by Gasteiger charge is -2.07. The Balaban J connectivity index is 2.19. The zero-order valence-corrected chi connectivity index (χ0v) is 9.16. The summed E-state index contributed by atoms with van der Waals surface area (Å²) in [4.78, 5) is 19.2. The highest BCUT2D eigenvalue weighted by Gasteiger charge is 2.12. The minimum absolute atomic E-state index is 0.200. The van der Waals surface area contributed by atoms with E-state index in [0.717, 1.165) is 0 Å². The summed E-state index contributed by atoms with van der Waals surface area (Å²) in [5.74, 6) is 0.311. The summed E-state index contributed by atoms with van der Waals surface area (Å²) in [6, 6.07) is 8.39. The van der Waals surface area contributed by atoms with Gasteiger partial charge in [-0.15, -0.1) is 0 Å². The van der Waals surface area contributed by atoms with Crippen molar-refractivity contribution in [1.82, 2.24) is 9.97 Å². The van der Waals surface area contributed by atoms with Crippen LogP contribution in [0.3, 0.4) is 0 Å². The Morgan fingerprint density at radius 3 is 2.59 bits per heavy atom. The summed E-state index contributed by atoms with van der Waals surface area (Å²) in [5, 5.41) is 0. The fourth-order valence-electron chi connectivity index (χ4n) is 1.27. The number of para-hydroxylation sites is 2. The molecule has 5 nitrogen and oxygen atoms in total. The Morgan fingerprint density at radius 1 is 1.18 bits per heavy atom. The van der Waals surface area contributed by atoms with Gasteiger partial charge in [-0.1, -0.05) is 12.1 Å². The van der Waals surface area contributed by atoms with Gasteiger partial charge in [0.25, 0.3) is 0 Å². The van der Waals surface area contributed by atoms with E-state index in [9.17, 15) is 4.79 Å². The average Bonchev–Trinajstić information content (AvgIpc) is 2.40. The summed E-state index contributed by atoms with van der Waals surface area (Å²) in [7, 11) is 1.51. The highest BCUT2D eigenvalue weighted by molar-refractivity contribution is 5.89. The van der Waals surface area contributed by atoms with Crippen molar-refractivity contribution < 1.29 is 14.3 Å². The van der Waals surface area contributed by atoms with E-state index in [4.69, 9.17) is 9.47 Å². The van der Waals surface area contributed by atoms with Crippen molar-refractivity contribution in [2.24, 2.45) is 0 Å². The van der Waals surface area contributed by atoms with Crippen molar-refractivity contribution in [3.8, 4) is 11.5 Å². The number of hydrogen-bond acceptors (Lipinski definition) is 5. The van der Waals surface area contributed by atoms with E-state index < -0.39 is 5.97 Å². The molecule has 17 heavy (non-hydrogen) atoms. The molecule has 1 heterocycles. The largest absolute Gasteiger partial charge is 0.493 e. The van der Waals surface area contributed by atoms with E-state index in [-0.39, 0.29) is 5.69 Å². The maximum atomic E-state index is 11.7. The van der Waals surface area contributed by atoms with Crippen LogP contribution in [-0.4, -0.2) is 23.0 Å². The summed E-state index contributed by atoms with van der Waals surface area (Å²) >= 11 is 0. The first-order valence-corrected chi connectivity index (χ1v) is 4.92. The summed E-state index contributed by atoms with van der Waals surface area (Å²) in [6.07, 6.45) is 2.77. The Kier molecular flexibility index (Phi) is 3.30. The summed E-state index contributed by atoms with van der Waals surface area (Å²) in [6.45, 7) is 0. The third-order valence-corrected chi connectivity index (χ3v) is 2.06. The molecule has 2 rings (SSSR count). The fourth-order valence-corrected chi connectivity index (χ4v) is 1.27. The SMILES string of the molecule is COc1ccccc1OC(=O)c1ccncn1. The second-order valence-electron chi connectivity index (χ2n) is 3.13. The van der Waals surface area contributed by atoms with Crippen molar-refractivity contribution in [2.75, 3.05) is 7.11 Å². The molecule has 86 valence electrons.